The fourth-order valence-electron chi connectivity index (χ4n) is 2.39. The minimum absolute atomic E-state index is 0.511. The van der Waals surface area contributed by atoms with Crippen molar-refractivity contribution in [2.75, 3.05) is 0 Å². The third-order valence-electron chi connectivity index (χ3n) is 4.56. The number of aromatic amines is 1. The van der Waals surface area contributed by atoms with Gasteiger partial charge in [0.2, 0.25) is 0 Å². The van der Waals surface area contributed by atoms with E-state index < -0.39 is 24.0 Å². The number of H-pyrrole nitrogens is 1. The van der Waals surface area contributed by atoms with Gasteiger partial charge in [-0.25, -0.2) is 4.39 Å². The molecule has 2 aromatic rings. The van der Waals surface area contributed by atoms with E-state index in [1.165, 1.54) is 6.08 Å². The summed E-state index contributed by atoms with van der Waals surface area (Å²) in [6.45, 7) is 9.35. The Balaban J connectivity index is 1.94. The quantitative estimate of drug-likeness (QED) is 0.876. The fourth-order valence-corrected chi connectivity index (χ4v) is 2.39. The van der Waals surface area contributed by atoms with Gasteiger partial charge in [-0.1, -0.05) is 0 Å². The number of hydrogen-bond donors (Lipinski definition) is 1. The van der Waals surface area contributed by atoms with Gasteiger partial charge in [0.25, 0.3) is 0 Å². The topological polar surface area (TPSA) is 72.9 Å². The molecule has 0 unspecified atom stereocenters. The highest BCUT2D eigenvalue weighted by atomic mass is 19.1. The summed E-state index contributed by atoms with van der Waals surface area (Å²) < 4.78 is 26.2. The highest BCUT2D eigenvalue weighted by Crippen LogP contribution is 2.39. The Morgan fingerprint density at radius 2 is 1.88 bits per heavy atom. The zero-order valence-electron chi connectivity index (χ0n) is 14.4. The minimum Gasteiger partial charge on any atom is -0.398 e. The number of aryl methyl sites for hydroxylation is 1. The second-order valence-electron chi connectivity index (χ2n) is 6.82. The Morgan fingerprint density at radius 1 is 1.21 bits per heavy atom. The van der Waals surface area contributed by atoms with E-state index in [9.17, 15) is 4.39 Å². The molecule has 0 amide bonds. The summed E-state index contributed by atoms with van der Waals surface area (Å²) in [6.07, 6.45) is 6.10. The average molecular weight is 330 g/mol. The molecule has 1 fully saturated rings. The van der Waals surface area contributed by atoms with Gasteiger partial charge >= 0.3 is 7.12 Å². The largest absolute Gasteiger partial charge is 0.525 e. The van der Waals surface area contributed by atoms with Crippen LogP contribution in [0.1, 0.15) is 39.0 Å². The second kappa shape index (κ2) is 5.79. The summed E-state index contributed by atoms with van der Waals surface area (Å²) in [5, 5.41) is 7.06. The van der Waals surface area contributed by atoms with Crippen LogP contribution in [0, 0.1) is 6.92 Å². The summed E-state index contributed by atoms with van der Waals surface area (Å²) in [5.74, 6) is 0. The summed E-state index contributed by atoms with van der Waals surface area (Å²) in [4.78, 5) is 8.24. The molecule has 2 aromatic heterocycles. The van der Waals surface area contributed by atoms with E-state index in [4.69, 9.17) is 9.31 Å². The molecule has 1 aliphatic rings. The standard InChI is InChI=1S/C16H20BFN4O2/c1-10-11(14(22-21-10)12-9-19-6-7-20-12)8-13(18)17-23-15(2,3)16(4,5)24-17/h6-9H,1-5H3,(H,21,22). The van der Waals surface area contributed by atoms with Crippen LogP contribution in [0.4, 0.5) is 4.39 Å². The van der Waals surface area contributed by atoms with Gasteiger partial charge < -0.3 is 9.31 Å². The number of nitrogens with zero attached hydrogens (tertiary/aromatic N) is 3. The third kappa shape index (κ3) is 2.87. The van der Waals surface area contributed by atoms with Crippen molar-refractivity contribution in [1.29, 1.82) is 0 Å². The fraction of sp³-hybridized carbons (Fsp3) is 0.438. The first-order chi connectivity index (χ1) is 11.2. The van der Waals surface area contributed by atoms with Crippen LogP contribution in [0.5, 0.6) is 0 Å². The molecule has 8 heteroatoms. The number of halogens is 1. The lowest BCUT2D eigenvalue weighted by Gasteiger charge is -2.32. The molecular weight excluding hydrogens is 310 g/mol. The third-order valence-corrected chi connectivity index (χ3v) is 4.56. The predicted octanol–water partition coefficient (Wildman–Crippen LogP) is 3.12. The van der Waals surface area contributed by atoms with Crippen molar-refractivity contribution in [3.63, 3.8) is 0 Å². The normalized spacial score (nSPS) is 19.8. The molecule has 1 N–H and O–H groups in total. The highest BCUT2D eigenvalue weighted by molar-refractivity contribution is 6.54. The molecule has 3 rings (SSSR count). The number of nitrogens with one attached hydrogen (secondary N) is 1. The molecule has 0 aromatic carbocycles. The van der Waals surface area contributed by atoms with Crippen molar-refractivity contribution in [2.45, 2.75) is 45.8 Å². The molecule has 0 radical (unpaired) electrons. The van der Waals surface area contributed by atoms with Crippen molar-refractivity contribution < 1.29 is 13.7 Å². The maximum absolute atomic E-state index is 14.8. The Bertz CT molecular complexity index is 758. The van der Waals surface area contributed by atoms with E-state index in [0.717, 1.165) is 5.69 Å². The van der Waals surface area contributed by atoms with E-state index in [0.29, 0.717) is 17.0 Å². The summed E-state index contributed by atoms with van der Waals surface area (Å²) in [6, 6.07) is 0. The molecule has 0 saturated carbocycles. The van der Waals surface area contributed by atoms with Crippen molar-refractivity contribution in [3.8, 4) is 11.4 Å². The zero-order chi connectivity index (χ0) is 17.5. The molecule has 0 bridgehead atoms. The van der Waals surface area contributed by atoms with Gasteiger partial charge in [0.05, 0.1) is 17.4 Å². The lowest BCUT2D eigenvalue weighted by atomic mass is 9.86. The Hall–Kier alpha value is -2.06. The molecule has 1 saturated heterocycles. The molecule has 24 heavy (non-hydrogen) atoms. The van der Waals surface area contributed by atoms with Gasteiger partial charge in [-0.2, -0.15) is 5.10 Å². The van der Waals surface area contributed by atoms with Gasteiger partial charge in [0.15, 0.2) is 0 Å². The van der Waals surface area contributed by atoms with Gasteiger partial charge in [-0.15, -0.1) is 0 Å². The van der Waals surface area contributed by atoms with Crippen LogP contribution in [0.15, 0.2) is 24.3 Å². The van der Waals surface area contributed by atoms with E-state index in [-0.39, 0.29) is 0 Å². The van der Waals surface area contributed by atoms with Gasteiger partial charge in [0, 0.05) is 23.7 Å². The molecule has 1 aliphatic heterocycles. The number of hydrogen-bond acceptors (Lipinski definition) is 5. The van der Waals surface area contributed by atoms with Crippen LogP contribution in [0.2, 0.25) is 0 Å². The minimum atomic E-state index is -1.04. The smallest absolute Gasteiger partial charge is 0.398 e. The molecular formula is C16H20BFN4O2. The van der Waals surface area contributed by atoms with Crippen LogP contribution in [0.25, 0.3) is 17.5 Å². The van der Waals surface area contributed by atoms with Crippen molar-refractivity contribution >= 4 is 13.2 Å². The van der Waals surface area contributed by atoms with Gasteiger partial charge in [0.1, 0.15) is 17.1 Å². The monoisotopic (exact) mass is 330 g/mol. The van der Waals surface area contributed by atoms with Gasteiger partial charge in [-0.3, -0.25) is 15.1 Å². The van der Waals surface area contributed by atoms with Crippen LogP contribution >= 0.6 is 0 Å². The van der Waals surface area contributed by atoms with Crippen LogP contribution in [0.3, 0.4) is 0 Å². The first kappa shape index (κ1) is 16.8. The summed E-state index contributed by atoms with van der Waals surface area (Å²) >= 11 is 0. The van der Waals surface area contributed by atoms with Crippen molar-refractivity contribution in [3.05, 3.63) is 35.6 Å². The Morgan fingerprint density at radius 3 is 2.46 bits per heavy atom. The van der Waals surface area contributed by atoms with Crippen LogP contribution in [-0.4, -0.2) is 38.5 Å². The molecule has 6 nitrogen and oxygen atoms in total. The maximum atomic E-state index is 14.8. The maximum Gasteiger partial charge on any atom is 0.525 e. The average Bonchev–Trinajstić information content (AvgIpc) is 2.98. The Kier molecular flexibility index (Phi) is 4.05. The van der Waals surface area contributed by atoms with E-state index in [2.05, 4.69) is 20.2 Å². The van der Waals surface area contributed by atoms with Crippen LogP contribution in [-0.2, 0) is 9.31 Å². The summed E-state index contributed by atoms with van der Waals surface area (Å²) in [5.41, 5.74) is 0.722. The lowest BCUT2D eigenvalue weighted by Crippen LogP contribution is -2.41. The lowest BCUT2D eigenvalue weighted by molar-refractivity contribution is 0.00578. The van der Waals surface area contributed by atoms with Crippen LogP contribution < -0.4 is 0 Å². The van der Waals surface area contributed by atoms with E-state index in [1.54, 1.807) is 18.6 Å². The summed E-state index contributed by atoms with van der Waals surface area (Å²) in [7, 11) is -1.04. The SMILES string of the molecule is Cc1[nH]nc(-c2cnccn2)c1C=C(F)B1OC(C)(C)C(C)(C)O1. The molecule has 0 spiro atoms. The molecule has 0 aliphatic carbocycles. The van der Waals surface area contributed by atoms with E-state index in [1.807, 2.05) is 34.6 Å². The second-order valence-corrected chi connectivity index (χ2v) is 6.82. The van der Waals surface area contributed by atoms with Gasteiger partial charge in [-0.05, 0) is 40.7 Å². The zero-order valence-corrected chi connectivity index (χ0v) is 14.4. The molecule has 126 valence electrons. The van der Waals surface area contributed by atoms with Crippen molar-refractivity contribution in [1.82, 2.24) is 20.2 Å². The molecule has 0 atom stereocenters. The predicted molar refractivity (Wildman–Crippen MR) is 89.5 cm³/mol. The first-order valence-corrected chi connectivity index (χ1v) is 7.75. The number of aromatic nitrogens is 4. The Labute approximate surface area is 140 Å². The number of rotatable bonds is 3. The van der Waals surface area contributed by atoms with Crippen molar-refractivity contribution in [2.24, 2.45) is 0 Å². The highest BCUT2D eigenvalue weighted by Gasteiger charge is 2.53. The van der Waals surface area contributed by atoms with E-state index >= 15 is 0 Å². The first-order valence-electron chi connectivity index (χ1n) is 7.75. The molecule has 3 heterocycles.